The average Bonchev–Trinajstić information content (AvgIpc) is 3.43. The largest absolute Gasteiger partial charge is 0.369 e. The van der Waals surface area contributed by atoms with Gasteiger partial charge in [0.2, 0.25) is 0 Å². The Labute approximate surface area is 205 Å². The Morgan fingerprint density at radius 1 is 1.12 bits per heavy atom. The van der Waals surface area contributed by atoms with E-state index < -0.39 is 0 Å². The quantitative estimate of drug-likeness (QED) is 0.342. The van der Waals surface area contributed by atoms with Crippen molar-refractivity contribution in [3.8, 4) is 0 Å². The normalized spacial score (nSPS) is 15.9. The molecule has 1 fully saturated rings. The minimum Gasteiger partial charge on any atom is -0.369 e. The van der Waals surface area contributed by atoms with Crippen molar-refractivity contribution >= 4 is 43.9 Å². The molecule has 2 aromatic carbocycles. The molecular formula is C28H34N4OS. The van der Waals surface area contributed by atoms with Crippen molar-refractivity contribution in [3.63, 3.8) is 0 Å². The van der Waals surface area contributed by atoms with E-state index in [4.69, 9.17) is 5.73 Å². The lowest BCUT2D eigenvalue weighted by Crippen LogP contribution is -2.44. The highest BCUT2D eigenvalue weighted by Crippen LogP contribution is 2.42. The molecule has 1 aliphatic rings. The number of carbonyl (C=O) groups is 1. The minimum absolute atomic E-state index is 0.255. The van der Waals surface area contributed by atoms with Crippen LogP contribution in [0, 0.1) is 0 Å². The summed E-state index contributed by atoms with van der Waals surface area (Å²) >= 11 is 1.57. The highest BCUT2D eigenvalue weighted by molar-refractivity contribution is 7.21. The van der Waals surface area contributed by atoms with E-state index in [1.807, 2.05) is 0 Å². The Morgan fingerprint density at radius 3 is 2.68 bits per heavy atom. The van der Waals surface area contributed by atoms with E-state index in [1.54, 1.807) is 11.3 Å². The highest BCUT2D eigenvalue weighted by atomic mass is 32.1. The van der Waals surface area contributed by atoms with Gasteiger partial charge >= 0.3 is 0 Å². The number of fused-ring (bicyclic) bond motifs is 2. The maximum absolute atomic E-state index is 12.6. The number of likely N-dealkylation sites (N-methyl/N-ethyl adjacent to an activating group) is 1. The number of anilines is 1. The number of hydrogen-bond acceptors (Lipinski definition) is 4. The number of primary amides is 1. The zero-order chi connectivity index (χ0) is 23.7. The fourth-order valence-corrected chi connectivity index (χ4v) is 6.49. The van der Waals surface area contributed by atoms with Crippen LogP contribution >= 0.6 is 11.3 Å². The number of H-pyrrole nitrogens is 1. The van der Waals surface area contributed by atoms with Crippen molar-refractivity contribution < 1.29 is 4.79 Å². The van der Waals surface area contributed by atoms with Crippen LogP contribution in [0.2, 0.25) is 0 Å². The smallest absolute Gasteiger partial charge is 0.259 e. The number of carbonyl (C=O) groups excluding carboxylic acids is 1. The third-order valence-corrected chi connectivity index (χ3v) is 8.44. The first-order chi connectivity index (χ1) is 16.5. The van der Waals surface area contributed by atoms with Crippen LogP contribution in [0.25, 0.3) is 21.0 Å². The van der Waals surface area contributed by atoms with Gasteiger partial charge in [0, 0.05) is 53.7 Å². The van der Waals surface area contributed by atoms with Crippen LogP contribution in [0.5, 0.6) is 0 Å². The highest BCUT2D eigenvalue weighted by Gasteiger charge is 2.26. The molecule has 0 aliphatic carbocycles. The molecule has 5 nitrogen and oxygen atoms in total. The number of benzene rings is 2. The number of unbranched alkanes of at least 4 members (excludes halogenated alkanes) is 1. The lowest BCUT2D eigenvalue weighted by molar-refractivity contribution is 0.100. The molecule has 3 heterocycles. The second kappa shape index (κ2) is 9.80. The lowest BCUT2D eigenvalue weighted by atomic mass is 9.86. The van der Waals surface area contributed by atoms with E-state index in [-0.39, 0.29) is 11.8 Å². The van der Waals surface area contributed by atoms with E-state index >= 15 is 0 Å². The minimum atomic E-state index is -0.308. The molecule has 34 heavy (non-hydrogen) atoms. The predicted molar refractivity (Wildman–Crippen MR) is 144 cm³/mol. The molecule has 1 amide bonds. The second-order valence-electron chi connectivity index (χ2n) is 9.58. The van der Waals surface area contributed by atoms with Gasteiger partial charge in [-0.2, -0.15) is 0 Å². The number of amides is 1. The number of aromatic nitrogens is 1. The summed E-state index contributed by atoms with van der Waals surface area (Å²) in [4.78, 5) is 21.6. The van der Waals surface area contributed by atoms with Crippen molar-refractivity contribution in [2.24, 2.45) is 5.73 Å². The van der Waals surface area contributed by atoms with Gasteiger partial charge in [-0.3, -0.25) is 4.79 Å². The van der Waals surface area contributed by atoms with Gasteiger partial charge in [-0.25, -0.2) is 0 Å². The van der Waals surface area contributed by atoms with Gasteiger partial charge in [0.1, 0.15) is 0 Å². The molecule has 6 heteroatoms. The zero-order valence-corrected chi connectivity index (χ0v) is 21.0. The van der Waals surface area contributed by atoms with Crippen molar-refractivity contribution in [2.75, 3.05) is 38.1 Å². The number of rotatable bonds is 8. The molecule has 2 aromatic heterocycles. The first-order valence-electron chi connectivity index (χ1n) is 12.4. The monoisotopic (exact) mass is 474 g/mol. The third-order valence-electron chi connectivity index (χ3n) is 7.26. The molecule has 5 rings (SSSR count). The SMILES string of the molecule is CCCCC(Cc1c[nH]c2ccccc12)c1c(C(N)=O)sc2cc(N3CCN(C)CC3)ccc12. The Balaban J connectivity index is 1.55. The number of nitrogens with two attached hydrogens (primary N) is 1. The summed E-state index contributed by atoms with van der Waals surface area (Å²) in [6.45, 7) is 6.44. The first kappa shape index (κ1) is 22.9. The summed E-state index contributed by atoms with van der Waals surface area (Å²) < 4.78 is 1.17. The van der Waals surface area contributed by atoms with Gasteiger partial charge in [0.25, 0.3) is 5.91 Å². The van der Waals surface area contributed by atoms with Gasteiger partial charge in [-0.1, -0.05) is 44.0 Å². The molecule has 1 atom stereocenters. The second-order valence-corrected chi connectivity index (χ2v) is 10.6. The molecule has 4 aromatic rings. The molecule has 178 valence electrons. The summed E-state index contributed by atoms with van der Waals surface area (Å²) in [7, 11) is 2.18. The number of hydrogen-bond donors (Lipinski definition) is 2. The fraction of sp³-hybridized carbons (Fsp3) is 0.393. The van der Waals surface area contributed by atoms with Crippen molar-refractivity contribution in [3.05, 3.63) is 64.7 Å². The molecule has 0 radical (unpaired) electrons. The molecule has 1 aliphatic heterocycles. The maximum Gasteiger partial charge on any atom is 0.259 e. The number of nitrogens with zero attached hydrogens (tertiary/aromatic N) is 2. The van der Waals surface area contributed by atoms with E-state index in [2.05, 4.69) is 77.4 Å². The van der Waals surface area contributed by atoms with Crippen LogP contribution in [-0.2, 0) is 6.42 Å². The average molecular weight is 475 g/mol. The number of aromatic amines is 1. The topological polar surface area (TPSA) is 65.4 Å². The molecule has 1 saturated heterocycles. The number of thiophene rings is 1. The predicted octanol–water partition coefficient (Wildman–Crippen LogP) is 5.75. The Morgan fingerprint density at radius 2 is 1.91 bits per heavy atom. The maximum atomic E-state index is 12.6. The van der Waals surface area contributed by atoms with Crippen molar-refractivity contribution in [1.82, 2.24) is 9.88 Å². The third kappa shape index (κ3) is 4.44. The molecule has 0 spiro atoms. The lowest BCUT2D eigenvalue weighted by Gasteiger charge is -2.34. The van der Waals surface area contributed by atoms with E-state index in [0.29, 0.717) is 0 Å². The molecule has 1 unspecified atom stereocenters. The van der Waals surface area contributed by atoms with Gasteiger partial charge in [-0.05, 0) is 60.5 Å². The number of piperazine rings is 1. The Hall–Kier alpha value is -2.83. The van der Waals surface area contributed by atoms with Crippen LogP contribution in [0.4, 0.5) is 5.69 Å². The number of para-hydroxylation sites is 1. The van der Waals surface area contributed by atoms with Gasteiger partial charge in [0.15, 0.2) is 0 Å². The van der Waals surface area contributed by atoms with E-state index in [9.17, 15) is 4.79 Å². The molecular weight excluding hydrogens is 440 g/mol. The standard InChI is InChI=1S/C28H34N4OS/c1-3-4-7-19(16-20-18-30-24-9-6-5-8-22(20)24)26-23-11-10-21(32-14-12-31(2)13-15-32)17-25(23)34-27(26)28(29)33/h5-6,8-11,17-19,30H,3-4,7,12-16H2,1-2H3,(H2,29,33). The van der Waals surface area contributed by atoms with Crippen LogP contribution in [0.15, 0.2) is 48.7 Å². The summed E-state index contributed by atoms with van der Waals surface area (Å²) in [5.41, 5.74) is 10.8. The van der Waals surface area contributed by atoms with Crippen LogP contribution in [0.3, 0.4) is 0 Å². The van der Waals surface area contributed by atoms with Gasteiger partial charge < -0.3 is 20.5 Å². The van der Waals surface area contributed by atoms with Crippen LogP contribution in [0.1, 0.15) is 52.9 Å². The Bertz CT molecular complexity index is 1300. The van der Waals surface area contributed by atoms with Gasteiger partial charge in [0.05, 0.1) is 4.88 Å². The molecule has 0 bridgehead atoms. The van der Waals surface area contributed by atoms with Crippen LogP contribution < -0.4 is 10.6 Å². The van der Waals surface area contributed by atoms with Gasteiger partial charge in [-0.15, -0.1) is 11.3 Å². The zero-order valence-electron chi connectivity index (χ0n) is 20.1. The van der Waals surface area contributed by atoms with Crippen molar-refractivity contribution in [2.45, 2.75) is 38.5 Å². The molecule has 3 N–H and O–H groups in total. The van der Waals surface area contributed by atoms with E-state index in [1.165, 1.54) is 26.7 Å². The molecule has 0 saturated carbocycles. The first-order valence-corrected chi connectivity index (χ1v) is 13.2. The fourth-order valence-electron chi connectivity index (χ4n) is 5.32. The Kier molecular flexibility index (Phi) is 6.61. The summed E-state index contributed by atoms with van der Waals surface area (Å²) in [6, 6.07) is 15.2. The van der Waals surface area contributed by atoms with Crippen molar-refractivity contribution in [1.29, 1.82) is 0 Å². The summed E-state index contributed by atoms with van der Waals surface area (Å²) in [5.74, 6) is -0.0531. The number of nitrogens with one attached hydrogen (secondary N) is 1. The summed E-state index contributed by atoms with van der Waals surface area (Å²) in [6.07, 6.45) is 6.33. The van der Waals surface area contributed by atoms with Crippen LogP contribution in [-0.4, -0.2) is 49.0 Å². The summed E-state index contributed by atoms with van der Waals surface area (Å²) in [5, 5.41) is 2.46. The van der Waals surface area contributed by atoms with E-state index in [0.717, 1.165) is 67.8 Å².